The normalized spacial score (nSPS) is 10.1. The van der Waals surface area contributed by atoms with Crippen molar-refractivity contribution in [1.82, 2.24) is 0 Å². The highest BCUT2D eigenvalue weighted by Crippen LogP contribution is 2.14. The maximum Gasteiger partial charge on any atom is 0.323 e. The molecule has 98 valence electrons. The highest BCUT2D eigenvalue weighted by Gasteiger charge is 2.22. The topological polar surface area (TPSA) is 160 Å². The molecule has 0 aliphatic rings. The van der Waals surface area contributed by atoms with Crippen LogP contribution in [0.4, 0.5) is 0 Å². The van der Waals surface area contributed by atoms with E-state index in [4.69, 9.17) is 16.6 Å². The van der Waals surface area contributed by atoms with Crippen LogP contribution in [-0.2, 0) is 14.4 Å². The fourth-order valence-electron chi connectivity index (χ4n) is 1.42. The van der Waals surface area contributed by atoms with Crippen LogP contribution < -0.4 is 0 Å². The van der Waals surface area contributed by atoms with E-state index >= 15 is 0 Å². The predicted molar refractivity (Wildman–Crippen MR) is 61.4 cm³/mol. The van der Waals surface area contributed by atoms with E-state index in [-0.39, 0.29) is 19.3 Å². The van der Waals surface area contributed by atoms with Crippen LogP contribution in [-0.4, -0.2) is 50.4 Å². The second kappa shape index (κ2) is 9.21. The van der Waals surface area contributed by atoms with Crippen LogP contribution >= 0.6 is 0 Å². The van der Waals surface area contributed by atoms with Gasteiger partial charge in [0.2, 0.25) is 17.3 Å². The van der Waals surface area contributed by atoms with E-state index in [9.17, 15) is 14.4 Å². The maximum atomic E-state index is 11.2. The molecule has 0 N–H and O–H groups in total. The third kappa shape index (κ3) is 7.95. The quantitative estimate of drug-likeness (QED) is 0.308. The molecule has 19 heavy (non-hydrogen) atoms. The Labute approximate surface area is 107 Å². The van der Waals surface area contributed by atoms with Gasteiger partial charge in [-0.2, -0.15) is 14.4 Å². The van der Waals surface area contributed by atoms with Crippen LogP contribution in [0.3, 0.4) is 0 Å². The van der Waals surface area contributed by atoms with E-state index in [1.165, 1.54) is 0 Å². The average Bonchev–Trinajstić information content (AvgIpc) is 2.29. The first-order chi connectivity index (χ1) is 9.03. The first kappa shape index (κ1) is 16.1. The summed E-state index contributed by atoms with van der Waals surface area (Å²) in [6.07, 6.45) is 1.34. The standard InChI is InChI=1S/C10H10N6O3/c11-14-4-8(17)1-7(2-9(18)5-15-12)3-10(19)6-16-13/h4-7H,1-3H2. The number of Topliss-reactive ketones (excluding diaryl/α,β-unsaturated/α-hetero) is 3. The summed E-state index contributed by atoms with van der Waals surface area (Å²) in [4.78, 5) is 41.3. The van der Waals surface area contributed by atoms with E-state index in [0.717, 1.165) is 0 Å². The summed E-state index contributed by atoms with van der Waals surface area (Å²) in [5.74, 6) is -2.40. The van der Waals surface area contributed by atoms with Crippen LogP contribution in [0.5, 0.6) is 0 Å². The third-order valence-corrected chi connectivity index (χ3v) is 2.07. The van der Waals surface area contributed by atoms with E-state index in [2.05, 4.69) is 14.4 Å². The molecule has 0 rings (SSSR count). The number of hydrogen-bond acceptors (Lipinski definition) is 3. The Morgan fingerprint density at radius 1 is 0.737 bits per heavy atom. The molecule has 0 fully saturated rings. The number of nitrogens with zero attached hydrogens (tertiary/aromatic N) is 6. The number of carbonyl (C=O) groups is 3. The number of hydrogen-bond donors (Lipinski definition) is 0. The molecule has 0 unspecified atom stereocenters. The van der Waals surface area contributed by atoms with Gasteiger partial charge in [-0.1, -0.05) is 0 Å². The third-order valence-electron chi connectivity index (χ3n) is 2.07. The lowest BCUT2D eigenvalue weighted by Crippen LogP contribution is -2.19. The molecule has 0 radical (unpaired) electrons. The Kier molecular flexibility index (Phi) is 7.83. The summed E-state index contributed by atoms with van der Waals surface area (Å²) in [7, 11) is 0. The average molecular weight is 262 g/mol. The van der Waals surface area contributed by atoms with Crippen molar-refractivity contribution >= 4 is 36.0 Å². The minimum absolute atomic E-state index is 0.208. The smallest absolute Gasteiger partial charge is 0.323 e. The molecule has 0 spiro atoms. The zero-order chi connectivity index (χ0) is 14.7. The maximum absolute atomic E-state index is 11.2. The van der Waals surface area contributed by atoms with Gasteiger partial charge < -0.3 is 16.6 Å². The van der Waals surface area contributed by atoms with E-state index in [0.29, 0.717) is 18.6 Å². The van der Waals surface area contributed by atoms with E-state index < -0.39 is 23.3 Å². The van der Waals surface area contributed by atoms with Gasteiger partial charge in [-0.15, -0.1) is 0 Å². The van der Waals surface area contributed by atoms with Crippen molar-refractivity contribution in [2.75, 3.05) is 0 Å². The van der Waals surface area contributed by atoms with E-state index in [1.54, 1.807) is 0 Å². The summed E-state index contributed by atoms with van der Waals surface area (Å²) in [6.45, 7) is 0. The van der Waals surface area contributed by atoms with Gasteiger partial charge in [-0.3, -0.25) is 14.4 Å². The Morgan fingerprint density at radius 2 is 1.00 bits per heavy atom. The molecule has 9 nitrogen and oxygen atoms in total. The van der Waals surface area contributed by atoms with Gasteiger partial charge in [0.05, 0.1) is 0 Å². The summed E-state index contributed by atoms with van der Waals surface area (Å²) in [5.41, 5.74) is 24.6. The van der Waals surface area contributed by atoms with Gasteiger partial charge >= 0.3 is 18.6 Å². The summed E-state index contributed by atoms with van der Waals surface area (Å²) < 4.78 is 0. The number of ketones is 3. The second-order valence-electron chi connectivity index (χ2n) is 3.61. The molecule has 0 bridgehead atoms. The zero-order valence-electron chi connectivity index (χ0n) is 9.84. The molecule has 0 aliphatic carbocycles. The van der Waals surface area contributed by atoms with Crippen LogP contribution in [0.1, 0.15) is 19.3 Å². The van der Waals surface area contributed by atoms with E-state index in [1.807, 2.05) is 0 Å². The largest absolute Gasteiger partial charge is 0.361 e. The van der Waals surface area contributed by atoms with Crippen molar-refractivity contribution < 1.29 is 28.8 Å². The molecule has 0 heterocycles. The molecular formula is C10H10N6O3. The second-order valence-corrected chi connectivity index (χ2v) is 3.61. The van der Waals surface area contributed by atoms with Crippen molar-refractivity contribution in [2.24, 2.45) is 5.92 Å². The van der Waals surface area contributed by atoms with Crippen LogP contribution in [0.2, 0.25) is 0 Å². The summed E-state index contributed by atoms with van der Waals surface area (Å²) in [5, 5.41) is 0. The summed E-state index contributed by atoms with van der Waals surface area (Å²) >= 11 is 0. The van der Waals surface area contributed by atoms with Gasteiger partial charge in [0.15, 0.2) is 0 Å². The minimum atomic E-state index is -0.679. The monoisotopic (exact) mass is 262 g/mol. The van der Waals surface area contributed by atoms with Crippen molar-refractivity contribution in [3.63, 3.8) is 0 Å². The lowest BCUT2D eigenvalue weighted by Gasteiger charge is -2.08. The highest BCUT2D eigenvalue weighted by atomic mass is 16.1. The first-order valence-electron chi connectivity index (χ1n) is 5.14. The fraction of sp³-hybridized carbons (Fsp3) is 0.400. The Hall–Kier alpha value is -2.85. The SMILES string of the molecule is [N-]=[N+]=CC(=O)CC(CC(=O)C=[N+]=[N-])CC(=O)C=[N+]=[N-]. The minimum Gasteiger partial charge on any atom is -0.361 e. The molecule has 0 atom stereocenters. The van der Waals surface area contributed by atoms with Gasteiger partial charge in [0, 0.05) is 19.3 Å². The van der Waals surface area contributed by atoms with Gasteiger partial charge in [0.1, 0.15) is 0 Å². The Bertz CT molecular complexity index is 445. The molecule has 9 heteroatoms. The molecule has 0 aromatic rings. The first-order valence-corrected chi connectivity index (χ1v) is 5.14. The van der Waals surface area contributed by atoms with Gasteiger partial charge in [-0.25, -0.2) is 0 Å². The van der Waals surface area contributed by atoms with Gasteiger partial charge in [0.25, 0.3) is 0 Å². The van der Waals surface area contributed by atoms with Crippen molar-refractivity contribution in [2.45, 2.75) is 19.3 Å². The molecule has 0 amide bonds. The van der Waals surface area contributed by atoms with Gasteiger partial charge in [-0.05, 0) is 5.92 Å². The summed E-state index contributed by atoms with van der Waals surface area (Å²) in [6, 6.07) is 0. The van der Waals surface area contributed by atoms with Crippen molar-refractivity contribution in [3.8, 4) is 0 Å². The van der Waals surface area contributed by atoms with Crippen LogP contribution in [0.25, 0.3) is 16.6 Å². The molecule has 0 saturated carbocycles. The molecule has 0 aliphatic heterocycles. The van der Waals surface area contributed by atoms with Crippen LogP contribution in [0, 0.1) is 5.92 Å². The van der Waals surface area contributed by atoms with Crippen molar-refractivity contribution in [3.05, 3.63) is 16.6 Å². The molecule has 0 saturated heterocycles. The lowest BCUT2D eigenvalue weighted by molar-refractivity contribution is -0.120. The predicted octanol–water partition coefficient (Wildman–Crippen LogP) is -0.618. The molecule has 0 aromatic carbocycles. The highest BCUT2D eigenvalue weighted by molar-refractivity contribution is 6.28. The molecular weight excluding hydrogens is 252 g/mol. The molecule has 0 aromatic heterocycles. The zero-order valence-corrected chi connectivity index (χ0v) is 9.84. The number of rotatable bonds is 9. The fourth-order valence-corrected chi connectivity index (χ4v) is 1.42. The number of carbonyl (C=O) groups excluding carboxylic acids is 3. The van der Waals surface area contributed by atoms with Crippen LogP contribution in [0.15, 0.2) is 0 Å². The Balaban J connectivity index is 4.80. The Morgan fingerprint density at radius 3 is 1.21 bits per heavy atom. The lowest BCUT2D eigenvalue weighted by atomic mass is 9.92. The van der Waals surface area contributed by atoms with Crippen molar-refractivity contribution in [1.29, 1.82) is 0 Å².